The molecule has 3 heterocycles. The van der Waals surface area contributed by atoms with Crippen LogP contribution >= 0.6 is 35.2 Å². The molecule has 0 bridgehead atoms. The number of nitrogens with zero attached hydrogens (tertiary/aromatic N) is 4. The van der Waals surface area contributed by atoms with Gasteiger partial charge in [-0.1, -0.05) is 37.7 Å². The number of thioether (sulfide) groups is 1. The van der Waals surface area contributed by atoms with Gasteiger partial charge in [-0.3, -0.25) is 37.7 Å². The van der Waals surface area contributed by atoms with Crippen LogP contribution in [0.5, 0.6) is 11.5 Å². The molecule has 378 valence electrons. The zero-order valence-electron chi connectivity index (χ0n) is 36.4. The summed E-state index contributed by atoms with van der Waals surface area (Å²) in [5, 5.41) is 47.3. The summed E-state index contributed by atoms with van der Waals surface area (Å²) >= 11 is 0.793. The van der Waals surface area contributed by atoms with Crippen molar-refractivity contribution in [1.82, 2.24) is 30.2 Å². The van der Waals surface area contributed by atoms with E-state index in [1.807, 2.05) is 0 Å². The Bertz CT molecular complexity index is 2760. The second-order valence-corrected chi connectivity index (χ2v) is 21.0. The van der Waals surface area contributed by atoms with Crippen LogP contribution in [0.25, 0.3) is 21.9 Å². The van der Waals surface area contributed by atoms with Gasteiger partial charge in [-0.15, -0.1) is 0 Å². The van der Waals surface area contributed by atoms with Crippen molar-refractivity contribution in [3.63, 3.8) is 0 Å². The number of ketones is 2. The van der Waals surface area contributed by atoms with E-state index in [-0.39, 0.29) is 70.9 Å². The lowest BCUT2D eigenvalue weighted by atomic mass is 9.87. The molecule has 8 N–H and O–H groups in total. The first-order chi connectivity index (χ1) is 32.1. The SMILES string of the molecule is CC(=O)CC(=O)c1c(CC(=O)SCCNC(=O)CCNC(=O)[C@@H](O)C(C)(C)COP(=O)([O-])OP(=O)([O-])OC[C@H]2O[C@@H](n3cnc4c(N)ncnc43)[C@H](O)[C@@H]2OP(=O)([O-])[O-])cc2cccc(O)c2c1O. The maximum atomic E-state index is 12.9. The fourth-order valence-electron chi connectivity index (χ4n) is 6.72. The summed E-state index contributed by atoms with van der Waals surface area (Å²) in [4.78, 5) is 122. The maximum absolute atomic E-state index is 12.9. The molecule has 2 aromatic carbocycles. The molecular formula is C37H44N7O21P3S-4. The molecule has 0 aliphatic carbocycles. The number of phosphoric acid groups is 3. The Morgan fingerprint density at radius 3 is 2.39 bits per heavy atom. The standard InChI is InChI=1S/C37H48N7O21P3S/c1-18(45)11-22(47)27-20(12-19-5-4-6-21(46)26(19)29(27)50)13-25(49)69-10-9-39-24(48)7-8-40-35(53)32(52)37(2,3)15-62-68(59,60)65-67(57,58)61-14-23-31(64-66(54,55)56)30(51)36(63-23)44-17-43-28-33(38)41-16-42-34(28)44/h4-6,12,16-17,23,30-32,36,46,50-52H,7-11,13-15H2,1-3H3,(H,39,48)(H,40,53)(H,57,58)(H,59,60)(H2,38,41,42)(H2,54,55,56)/p-4/t23-,30-,31-,32-,36-/m1/s1. The topological polar surface area (TPSA) is 450 Å². The number of aliphatic hydroxyl groups excluding tert-OH is 2. The minimum Gasteiger partial charge on any atom is -0.790 e. The van der Waals surface area contributed by atoms with Gasteiger partial charge < -0.3 is 79.2 Å². The lowest BCUT2D eigenvalue weighted by Gasteiger charge is -2.36. The zero-order chi connectivity index (χ0) is 51.2. The molecule has 0 saturated carbocycles. The Labute approximate surface area is 394 Å². The maximum Gasteiger partial charge on any atom is 0.274 e. The number of phenolic OH excluding ortho intramolecular Hbond substituents is 2. The third-order valence-corrected chi connectivity index (χ3v) is 13.8. The largest absolute Gasteiger partial charge is 0.790 e. The fourth-order valence-corrected chi connectivity index (χ4v) is 10.1. The van der Waals surface area contributed by atoms with Crippen molar-refractivity contribution in [3.8, 4) is 11.5 Å². The lowest BCUT2D eigenvalue weighted by molar-refractivity contribution is -0.347. The van der Waals surface area contributed by atoms with Crippen LogP contribution in [0.15, 0.2) is 36.9 Å². The number of anilines is 1. The summed E-state index contributed by atoms with van der Waals surface area (Å²) in [7, 11) is -17.8. The fraction of sp³-hybridized carbons (Fsp3) is 0.459. The van der Waals surface area contributed by atoms with Crippen LogP contribution in [0.2, 0.25) is 0 Å². The molecule has 1 aliphatic rings. The number of phosphoric ester groups is 3. The Morgan fingerprint density at radius 1 is 1.01 bits per heavy atom. The van der Waals surface area contributed by atoms with Crippen molar-refractivity contribution in [3.05, 3.63) is 48.0 Å². The number of carbonyl (C=O) groups excluding carboxylic acids is 5. The number of aromatic hydroxyl groups is 2. The number of ether oxygens (including phenoxy) is 1. The third kappa shape index (κ3) is 14.6. The molecule has 1 saturated heterocycles. The second kappa shape index (κ2) is 22.5. The molecule has 2 unspecified atom stereocenters. The summed E-state index contributed by atoms with van der Waals surface area (Å²) < 4.78 is 60.8. The molecule has 1 aliphatic heterocycles. The molecule has 1 fully saturated rings. The van der Waals surface area contributed by atoms with Crippen LogP contribution in [-0.4, -0.2) is 125 Å². The lowest BCUT2D eigenvalue weighted by Crippen LogP contribution is -2.46. The number of benzene rings is 2. The Morgan fingerprint density at radius 2 is 1.71 bits per heavy atom. The third-order valence-electron chi connectivity index (χ3n) is 9.96. The number of hydrogen-bond acceptors (Lipinski definition) is 26. The number of phenols is 2. The van der Waals surface area contributed by atoms with Gasteiger partial charge in [0.2, 0.25) is 11.8 Å². The Balaban J connectivity index is 1.05. The Hall–Kier alpha value is -4.80. The first kappa shape index (κ1) is 55.1. The predicted molar refractivity (Wildman–Crippen MR) is 229 cm³/mol. The molecule has 28 nitrogen and oxygen atoms in total. The van der Waals surface area contributed by atoms with Crippen molar-refractivity contribution < 1.29 is 100 Å². The van der Waals surface area contributed by atoms with Crippen LogP contribution in [-0.2, 0) is 61.9 Å². The van der Waals surface area contributed by atoms with E-state index in [0.29, 0.717) is 5.39 Å². The van der Waals surface area contributed by atoms with Crippen LogP contribution in [0.3, 0.4) is 0 Å². The van der Waals surface area contributed by atoms with E-state index in [4.69, 9.17) is 10.5 Å². The van der Waals surface area contributed by atoms with Gasteiger partial charge in [0.1, 0.15) is 53.5 Å². The summed E-state index contributed by atoms with van der Waals surface area (Å²) in [5.41, 5.74) is 3.81. The van der Waals surface area contributed by atoms with Gasteiger partial charge in [-0.2, -0.15) is 0 Å². The highest BCUT2D eigenvalue weighted by Gasteiger charge is 2.47. The van der Waals surface area contributed by atoms with E-state index >= 15 is 0 Å². The number of aromatic nitrogens is 4. The van der Waals surface area contributed by atoms with Gasteiger partial charge in [0.25, 0.3) is 15.6 Å². The zero-order valence-corrected chi connectivity index (χ0v) is 39.9. The first-order valence-corrected chi connectivity index (χ1v) is 25.4. The molecule has 7 atom stereocenters. The van der Waals surface area contributed by atoms with Gasteiger partial charge in [0.05, 0.1) is 44.7 Å². The molecule has 0 radical (unpaired) electrons. The van der Waals surface area contributed by atoms with Crippen LogP contribution < -0.4 is 35.9 Å². The number of nitrogens with two attached hydrogens (primary N) is 1. The van der Waals surface area contributed by atoms with E-state index in [1.54, 1.807) is 6.07 Å². The summed E-state index contributed by atoms with van der Waals surface area (Å²) in [6.07, 6.45) is -8.85. The molecular weight excluding hydrogens is 1000 g/mol. The predicted octanol–water partition coefficient (Wildman–Crippen LogP) is -1.89. The number of imidazole rings is 1. The van der Waals surface area contributed by atoms with Crippen LogP contribution in [0.4, 0.5) is 5.82 Å². The number of amides is 2. The molecule has 4 aromatic rings. The highest BCUT2D eigenvalue weighted by molar-refractivity contribution is 8.13. The van der Waals surface area contributed by atoms with Crippen molar-refractivity contribution >= 4 is 91.5 Å². The monoisotopic (exact) mass is 1050 g/mol. The number of rotatable bonds is 24. The van der Waals surface area contributed by atoms with Gasteiger partial charge >= 0.3 is 0 Å². The number of hydrogen-bond donors (Lipinski definition) is 7. The highest BCUT2D eigenvalue weighted by atomic mass is 32.2. The first-order valence-electron chi connectivity index (χ1n) is 20.1. The van der Waals surface area contributed by atoms with Gasteiger partial charge in [-0.05, 0) is 30.0 Å². The molecule has 0 spiro atoms. The number of Topliss-reactive ketones (excluding diaryl/α,β-unsaturated/α-hetero) is 2. The van der Waals surface area contributed by atoms with Gasteiger partial charge in [-0.25, -0.2) is 19.3 Å². The summed E-state index contributed by atoms with van der Waals surface area (Å²) in [5.74, 6) is -3.83. The molecule has 5 rings (SSSR count). The van der Waals surface area contributed by atoms with Crippen LogP contribution in [0.1, 0.15) is 55.8 Å². The van der Waals surface area contributed by atoms with Crippen molar-refractivity contribution in [2.75, 3.05) is 37.8 Å². The number of nitrogen functional groups attached to an aromatic ring is 1. The number of aliphatic hydroxyl groups is 2. The number of fused-ring (bicyclic) bond motifs is 2. The van der Waals surface area contributed by atoms with E-state index in [0.717, 1.165) is 42.8 Å². The van der Waals surface area contributed by atoms with E-state index in [2.05, 4.69) is 43.5 Å². The summed E-state index contributed by atoms with van der Waals surface area (Å²) in [6.45, 7) is 0.766. The van der Waals surface area contributed by atoms with E-state index in [1.165, 1.54) is 25.1 Å². The minimum absolute atomic E-state index is 0.0209. The quantitative estimate of drug-likeness (QED) is 0.0174. The number of carbonyl (C=O) groups is 5. The number of nitrogens with one attached hydrogen (secondary N) is 2. The van der Waals surface area contributed by atoms with Crippen molar-refractivity contribution in [2.45, 2.75) is 70.7 Å². The Kier molecular flexibility index (Phi) is 18.0. The molecule has 2 amide bonds. The average molecular weight is 1050 g/mol. The van der Waals surface area contributed by atoms with Crippen LogP contribution in [0, 0.1) is 5.41 Å². The molecule has 69 heavy (non-hydrogen) atoms. The normalized spacial score (nSPS) is 19.7. The van der Waals surface area contributed by atoms with Gasteiger partial charge in [0.15, 0.2) is 28.6 Å². The van der Waals surface area contributed by atoms with E-state index in [9.17, 15) is 77.7 Å². The highest BCUT2D eigenvalue weighted by Crippen LogP contribution is 2.56. The smallest absolute Gasteiger partial charge is 0.274 e. The second-order valence-electron chi connectivity index (χ2n) is 15.8. The van der Waals surface area contributed by atoms with E-state index < -0.39 is 113 Å². The summed E-state index contributed by atoms with van der Waals surface area (Å²) in [6, 6.07) is 5.80. The average Bonchev–Trinajstić information content (AvgIpc) is 3.80. The van der Waals surface area contributed by atoms with Crippen molar-refractivity contribution in [2.24, 2.45) is 5.41 Å². The minimum atomic E-state index is -5.97. The molecule has 2 aromatic heterocycles. The van der Waals surface area contributed by atoms with Gasteiger partial charge in [0, 0.05) is 37.1 Å². The van der Waals surface area contributed by atoms with Crippen molar-refractivity contribution in [1.29, 1.82) is 0 Å². The molecule has 32 heteroatoms.